The molecule has 0 saturated heterocycles. The first-order valence-electron chi connectivity index (χ1n) is 6.62. The Hall–Kier alpha value is -3.29. The average Bonchev–Trinajstić information content (AvgIpc) is 3.18. The summed E-state index contributed by atoms with van der Waals surface area (Å²) in [5.41, 5.74) is 2.45. The molecule has 0 aliphatic heterocycles. The summed E-state index contributed by atoms with van der Waals surface area (Å²) in [7, 11) is 1.54. The van der Waals surface area contributed by atoms with Crippen LogP contribution in [0.2, 0.25) is 0 Å². The number of benzene rings is 1. The summed E-state index contributed by atoms with van der Waals surface area (Å²) in [6.07, 6.45) is 3.15. The van der Waals surface area contributed by atoms with Gasteiger partial charge < -0.3 is 4.98 Å². The lowest BCUT2D eigenvalue weighted by atomic mass is 10.2. The van der Waals surface area contributed by atoms with Gasteiger partial charge in [0.15, 0.2) is 17.2 Å². The van der Waals surface area contributed by atoms with Gasteiger partial charge in [0.05, 0.1) is 11.9 Å². The number of H-pyrrole nitrogens is 1. The molecule has 0 aliphatic rings. The average molecular weight is 293 g/mol. The highest BCUT2D eigenvalue weighted by Crippen LogP contribution is 2.22. The molecule has 0 radical (unpaired) electrons. The van der Waals surface area contributed by atoms with E-state index in [-0.39, 0.29) is 5.69 Å². The molecule has 4 aromatic rings. The number of hydrogen-bond acceptors (Lipinski definition) is 5. The van der Waals surface area contributed by atoms with E-state index in [4.69, 9.17) is 0 Å². The molecule has 0 saturated carbocycles. The number of aromatic nitrogens is 7. The zero-order valence-corrected chi connectivity index (χ0v) is 11.6. The van der Waals surface area contributed by atoms with Gasteiger partial charge in [-0.05, 0) is 5.56 Å². The maximum atomic E-state index is 12.0. The van der Waals surface area contributed by atoms with Crippen LogP contribution in [0.1, 0.15) is 0 Å². The van der Waals surface area contributed by atoms with E-state index in [1.807, 2.05) is 30.3 Å². The summed E-state index contributed by atoms with van der Waals surface area (Å²) in [6, 6.07) is 9.83. The van der Waals surface area contributed by atoms with Gasteiger partial charge in [-0.2, -0.15) is 4.68 Å². The molecule has 0 atom stereocenters. The minimum Gasteiger partial charge on any atom is -0.337 e. The lowest BCUT2D eigenvalue weighted by Crippen LogP contribution is -2.26. The van der Waals surface area contributed by atoms with Crippen LogP contribution in [0.15, 0.2) is 47.7 Å². The number of hydrogen-bond donors (Lipinski definition) is 1. The monoisotopic (exact) mass is 293 g/mol. The third-order valence-electron chi connectivity index (χ3n) is 3.38. The summed E-state index contributed by atoms with van der Waals surface area (Å²) in [5.74, 6) is 0.545. The van der Waals surface area contributed by atoms with Crippen LogP contribution in [0.3, 0.4) is 0 Å². The molecule has 8 heteroatoms. The molecular weight excluding hydrogens is 282 g/mol. The summed E-state index contributed by atoms with van der Waals surface area (Å²) >= 11 is 0. The topological polar surface area (TPSA) is 93.8 Å². The van der Waals surface area contributed by atoms with Crippen molar-refractivity contribution in [3.63, 3.8) is 0 Å². The van der Waals surface area contributed by atoms with Crippen LogP contribution in [0.5, 0.6) is 0 Å². The predicted octanol–water partition coefficient (Wildman–Crippen LogP) is 0.880. The van der Waals surface area contributed by atoms with Gasteiger partial charge in [-0.15, -0.1) is 5.10 Å². The van der Waals surface area contributed by atoms with Gasteiger partial charge in [0.25, 0.3) is 0 Å². The molecule has 0 unspecified atom stereocenters. The number of nitrogens with one attached hydrogen (secondary N) is 1. The Morgan fingerprint density at radius 2 is 1.95 bits per heavy atom. The van der Waals surface area contributed by atoms with Crippen molar-refractivity contribution in [1.82, 2.24) is 34.3 Å². The third-order valence-corrected chi connectivity index (χ3v) is 3.38. The van der Waals surface area contributed by atoms with Gasteiger partial charge in [-0.3, -0.25) is 0 Å². The number of nitrogens with zero attached hydrogens (tertiary/aromatic N) is 6. The molecule has 0 fully saturated rings. The first-order valence-corrected chi connectivity index (χ1v) is 6.62. The van der Waals surface area contributed by atoms with Crippen molar-refractivity contribution in [3.05, 3.63) is 53.3 Å². The zero-order chi connectivity index (χ0) is 15.1. The van der Waals surface area contributed by atoms with E-state index >= 15 is 0 Å². The van der Waals surface area contributed by atoms with Crippen molar-refractivity contribution in [1.29, 1.82) is 0 Å². The van der Waals surface area contributed by atoms with Crippen LogP contribution in [0.25, 0.3) is 28.4 Å². The zero-order valence-electron chi connectivity index (χ0n) is 11.6. The summed E-state index contributed by atoms with van der Waals surface area (Å²) in [4.78, 5) is 23.7. The molecule has 4 rings (SSSR count). The number of fused-ring (bicyclic) bond motifs is 1. The van der Waals surface area contributed by atoms with E-state index in [9.17, 15) is 4.79 Å². The Kier molecular flexibility index (Phi) is 2.62. The van der Waals surface area contributed by atoms with E-state index in [2.05, 4.69) is 25.3 Å². The van der Waals surface area contributed by atoms with Crippen molar-refractivity contribution in [3.8, 4) is 22.8 Å². The molecule has 8 nitrogen and oxygen atoms in total. The largest absolute Gasteiger partial charge is 0.352 e. The quantitative estimate of drug-likeness (QED) is 0.592. The highest BCUT2D eigenvalue weighted by molar-refractivity contribution is 5.71. The fourth-order valence-electron chi connectivity index (χ4n) is 2.25. The SMILES string of the molecule is Cn1nnc2c(-c3ncc(-c4ccccc4)[nH]3)ncn2c1=O. The maximum absolute atomic E-state index is 12.0. The smallest absolute Gasteiger partial charge is 0.337 e. The third kappa shape index (κ3) is 1.81. The molecule has 108 valence electrons. The fourth-order valence-corrected chi connectivity index (χ4v) is 2.25. The van der Waals surface area contributed by atoms with Gasteiger partial charge in [0.2, 0.25) is 0 Å². The normalized spacial score (nSPS) is 11.1. The van der Waals surface area contributed by atoms with Gasteiger partial charge in [0.1, 0.15) is 6.33 Å². The molecule has 3 aromatic heterocycles. The Balaban J connectivity index is 1.85. The van der Waals surface area contributed by atoms with E-state index in [0.717, 1.165) is 15.9 Å². The van der Waals surface area contributed by atoms with Gasteiger partial charge in [0, 0.05) is 7.05 Å². The molecule has 3 heterocycles. The van der Waals surface area contributed by atoms with E-state index in [1.54, 1.807) is 6.20 Å². The molecule has 22 heavy (non-hydrogen) atoms. The minimum atomic E-state index is -0.307. The molecule has 1 N–H and O–H groups in total. The predicted molar refractivity (Wildman–Crippen MR) is 79.0 cm³/mol. The first kappa shape index (κ1) is 12.5. The Labute approximate surface area is 124 Å². The van der Waals surface area contributed by atoms with Gasteiger partial charge >= 0.3 is 5.69 Å². The second-order valence-electron chi connectivity index (χ2n) is 4.79. The molecule has 0 bridgehead atoms. The summed E-state index contributed by atoms with van der Waals surface area (Å²) < 4.78 is 2.49. The van der Waals surface area contributed by atoms with E-state index in [0.29, 0.717) is 17.2 Å². The lowest BCUT2D eigenvalue weighted by Gasteiger charge is -1.97. The second-order valence-corrected chi connectivity index (χ2v) is 4.79. The Bertz CT molecular complexity index is 1010. The first-order chi connectivity index (χ1) is 10.7. The molecule has 0 spiro atoms. The molecule has 1 aromatic carbocycles. The van der Waals surface area contributed by atoms with Crippen molar-refractivity contribution < 1.29 is 0 Å². The van der Waals surface area contributed by atoms with Crippen LogP contribution in [0.4, 0.5) is 0 Å². The van der Waals surface area contributed by atoms with Crippen LogP contribution in [-0.4, -0.2) is 34.3 Å². The molecule has 0 aliphatic carbocycles. The van der Waals surface area contributed by atoms with Crippen molar-refractivity contribution in [2.75, 3.05) is 0 Å². The molecular formula is C14H11N7O. The maximum Gasteiger partial charge on any atom is 0.352 e. The lowest BCUT2D eigenvalue weighted by molar-refractivity contribution is 0.607. The van der Waals surface area contributed by atoms with Crippen LogP contribution >= 0.6 is 0 Å². The fraction of sp³-hybridized carbons (Fsp3) is 0.0714. The highest BCUT2D eigenvalue weighted by Gasteiger charge is 2.15. The van der Waals surface area contributed by atoms with Gasteiger partial charge in [-0.25, -0.2) is 19.2 Å². The summed E-state index contributed by atoms with van der Waals surface area (Å²) in [6.45, 7) is 0. The van der Waals surface area contributed by atoms with Crippen molar-refractivity contribution in [2.24, 2.45) is 7.05 Å². The van der Waals surface area contributed by atoms with E-state index in [1.165, 1.54) is 17.8 Å². The number of imidazole rings is 2. The second kappa shape index (κ2) is 4.62. The number of aromatic amines is 1. The van der Waals surface area contributed by atoms with Crippen molar-refractivity contribution >= 4 is 5.65 Å². The van der Waals surface area contributed by atoms with Crippen LogP contribution < -0.4 is 5.69 Å². The number of aryl methyl sites for hydroxylation is 1. The highest BCUT2D eigenvalue weighted by atomic mass is 16.2. The summed E-state index contributed by atoms with van der Waals surface area (Å²) in [5, 5.41) is 7.80. The van der Waals surface area contributed by atoms with Gasteiger partial charge in [-0.1, -0.05) is 35.5 Å². The number of rotatable bonds is 2. The Morgan fingerprint density at radius 3 is 2.77 bits per heavy atom. The Morgan fingerprint density at radius 1 is 1.14 bits per heavy atom. The van der Waals surface area contributed by atoms with Crippen LogP contribution in [0, 0.1) is 0 Å². The minimum absolute atomic E-state index is 0.307. The van der Waals surface area contributed by atoms with Crippen molar-refractivity contribution in [2.45, 2.75) is 0 Å². The molecule has 0 amide bonds. The standard InChI is InChI=1S/C14H11N7O/c1-20-14(22)21-8-16-11(13(21)18-19-20)12-15-7-10(17-12)9-5-3-2-4-6-9/h2-8H,1H3,(H,15,17). The van der Waals surface area contributed by atoms with E-state index < -0.39 is 0 Å². The van der Waals surface area contributed by atoms with Crippen LogP contribution in [-0.2, 0) is 7.05 Å².